The number of nitrogens with zero attached hydrogens (tertiary/aromatic N) is 3. The van der Waals surface area contributed by atoms with Crippen LogP contribution in [0.3, 0.4) is 0 Å². The molecule has 2 rings (SSSR count). The molecule has 1 saturated heterocycles. The van der Waals surface area contributed by atoms with Crippen LogP contribution in [0.5, 0.6) is 0 Å². The molecule has 4 nitrogen and oxygen atoms in total. The van der Waals surface area contributed by atoms with E-state index in [1.54, 1.807) is 0 Å². The van der Waals surface area contributed by atoms with Gasteiger partial charge in [-0.2, -0.15) is 5.10 Å². The van der Waals surface area contributed by atoms with E-state index in [-0.39, 0.29) is 0 Å². The molecule has 1 aromatic heterocycles. The summed E-state index contributed by atoms with van der Waals surface area (Å²) in [6, 6.07) is 0. The third kappa shape index (κ3) is 1.03. The highest BCUT2D eigenvalue weighted by Gasteiger charge is 2.23. The van der Waals surface area contributed by atoms with Gasteiger partial charge >= 0.3 is 0 Å². The second kappa shape index (κ2) is 2.30. The number of rotatable bonds is 1. The average molecular weight is 152 g/mol. The molecule has 1 N–H and O–H groups in total. The summed E-state index contributed by atoms with van der Waals surface area (Å²) < 4.78 is 1.88. The van der Waals surface area contributed by atoms with Crippen LogP contribution >= 0.6 is 0 Å². The summed E-state index contributed by atoms with van der Waals surface area (Å²) in [7, 11) is 1.95. The molecule has 11 heavy (non-hydrogen) atoms. The lowest BCUT2D eigenvalue weighted by Gasteiger charge is -2.25. The minimum absolute atomic E-state index is 0.584. The second-order valence-corrected chi connectivity index (χ2v) is 3.00. The molecule has 60 valence electrons. The van der Waals surface area contributed by atoms with Gasteiger partial charge < -0.3 is 5.32 Å². The number of hydrogen-bond donors (Lipinski definition) is 1. The first-order chi connectivity index (χ1) is 5.27. The van der Waals surface area contributed by atoms with Crippen molar-refractivity contribution in [3.63, 3.8) is 0 Å². The molecule has 1 aromatic rings. The molecule has 1 aliphatic heterocycles. The van der Waals surface area contributed by atoms with E-state index < -0.39 is 0 Å². The van der Waals surface area contributed by atoms with E-state index in [0.29, 0.717) is 5.92 Å². The van der Waals surface area contributed by atoms with Gasteiger partial charge in [0.1, 0.15) is 11.6 Å². The van der Waals surface area contributed by atoms with E-state index in [2.05, 4.69) is 15.4 Å². The van der Waals surface area contributed by atoms with Crippen LogP contribution in [0.1, 0.15) is 17.6 Å². The fourth-order valence-electron chi connectivity index (χ4n) is 1.36. The Morgan fingerprint density at radius 2 is 2.27 bits per heavy atom. The minimum atomic E-state index is 0.584. The van der Waals surface area contributed by atoms with E-state index in [1.807, 2.05) is 18.7 Å². The van der Waals surface area contributed by atoms with E-state index >= 15 is 0 Å². The van der Waals surface area contributed by atoms with Gasteiger partial charge in [0.05, 0.1) is 0 Å². The van der Waals surface area contributed by atoms with Gasteiger partial charge in [0.15, 0.2) is 0 Å². The molecule has 0 atom stereocenters. The molecule has 2 heterocycles. The molecule has 0 aromatic carbocycles. The van der Waals surface area contributed by atoms with Crippen LogP contribution in [0.4, 0.5) is 0 Å². The van der Waals surface area contributed by atoms with Crippen LogP contribution in [-0.4, -0.2) is 27.9 Å². The van der Waals surface area contributed by atoms with Crippen LogP contribution in [0.15, 0.2) is 0 Å². The lowest BCUT2D eigenvalue weighted by atomic mass is 10.0. The lowest BCUT2D eigenvalue weighted by Crippen LogP contribution is -2.41. The van der Waals surface area contributed by atoms with Crippen molar-refractivity contribution in [3.8, 4) is 0 Å². The summed E-state index contributed by atoms with van der Waals surface area (Å²) >= 11 is 0. The van der Waals surface area contributed by atoms with Crippen molar-refractivity contribution in [1.82, 2.24) is 20.1 Å². The van der Waals surface area contributed by atoms with Gasteiger partial charge in [-0.25, -0.2) is 4.98 Å². The van der Waals surface area contributed by atoms with Gasteiger partial charge in [-0.3, -0.25) is 4.68 Å². The zero-order chi connectivity index (χ0) is 7.84. The molecule has 0 unspecified atom stereocenters. The summed E-state index contributed by atoms with van der Waals surface area (Å²) in [6.45, 7) is 4.02. The van der Waals surface area contributed by atoms with Crippen molar-refractivity contribution in [2.75, 3.05) is 13.1 Å². The maximum absolute atomic E-state index is 4.34. The molecule has 0 saturated carbocycles. The third-order valence-electron chi connectivity index (χ3n) is 2.05. The molecule has 0 radical (unpaired) electrons. The van der Waals surface area contributed by atoms with E-state index in [4.69, 9.17) is 0 Å². The van der Waals surface area contributed by atoms with Gasteiger partial charge in [-0.15, -0.1) is 0 Å². The van der Waals surface area contributed by atoms with Gasteiger partial charge in [0.2, 0.25) is 0 Å². The van der Waals surface area contributed by atoms with Crippen molar-refractivity contribution < 1.29 is 0 Å². The first-order valence-electron chi connectivity index (χ1n) is 3.85. The van der Waals surface area contributed by atoms with Crippen LogP contribution in [0.25, 0.3) is 0 Å². The fraction of sp³-hybridized carbons (Fsp3) is 0.714. The standard InChI is InChI=1S/C7H12N4/c1-5-9-7(11(2)10-5)6-3-8-4-6/h6,8H,3-4H2,1-2H3. The molecule has 4 heteroatoms. The van der Waals surface area contributed by atoms with Crippen molar-refractivity contribution in [2.45, 2.75) is 12.8 Å². The zero-order valence-electron chi connectivity index (χ0n) is 6.83. The third-order valence-corrected chi connectivity index (χ3v) is 2.05. The van der Waals surface area contributed by atoms with Crippen LogP contribution in [0.2, 0.25) is 0 Å². The zero-order valence-corrected chi connectivity index (χ0v) is 6.83. The van der Waals surface area contributed by atoms with Crippen molar-refractivity contribution >= 4 is 0 Å². The van der Waals surface area contributed by atoms with Gasteiger partial charge in [0, 0.05) is 26.1 Å². The molecule has 0 aliphatic carbocycles. The normalized spacial score (nSPS) is 18.4. The Bertz CT molecular complexity index is 261. The van der Waals surface area contributed by atoms with Gasteiger partial charge in [0.25, 0.3) is 0 Å². The summed E-state index contributed by atoms with van der Waals surface area (Å²) in [4.78, 5) is 4.34. The molecule has 1 aliphatic rings. The van der Waals surface area contributed by atoms with Crippen LogP contribution < -0.4 is 5.32 Å². The maximum atomic E-state index is 4.34. The molecule has 1 fully saturated rings. The second-order valence-electron chi connectivity index (χ2n) is 3.00. The first-order valence-corrected chi connectivity index (χ1v) is 3.85. The smallest absolute Gasteiger partial charge is 0.147 e. The Hall–Kier alpha value is -0.900. The summed E-state index contributed by atoms with van der Waals surface area (Å²) in [5, 5.41) is 7.41. The van der Waals surface area contributed by atoms with Crippen molar-refractivity contribution in [1.29, 1.82) is 0 Å². The molecular weight excluding hydrogens is 140 g/mol. The summed E-state index contributed by atoms with van der Waals surface area (Å²) in [6.07, 6.45) is 0. The Morgan fingerprint density at radius 1 is 1.55 bits per heavy atom. The Labute approximate surface area is 65.6 Å². The molecule has 0 amide bonds. The average Bonchev–Trinajstić information content (AvgIpc) is 2.07. The predicted molar refractivity (Wildman–Crippen MR) is 41.4 cm³/mol. The predicted octanol–water partition coefficient (Wildman–Crippen LogP) is -0.190. The SMILES string of the molecule is Cc1nc(C2CNC2)n(C)n1. The van der Waals surface area contributed by atoms with Crippen molar-refractivity contribution in [3.05, 3.63) is 11.6 Å². The topological polar surface area (TPSA) is 42.7 Å². The highest BCUT2D eigenvalue weighted by Crippen LogP contribution is 2.16. The van der Waals surface area contributed by atoms with Crippen molar-refractivity contribution in [2.24, 2.45) is 7.05 Å². The summed E-state index contributed by atoms with van der Waals surface area (Å²) in [5.74, 6) is 2.57. The number of hydrogen-bond acceptors (Lipinski definition) is 3. The van der Waals surface area contributed by atoms with Gasteiger partial charge in [-0.05, 0) is 6.92 Å². The van der Waals surface area contributed by atoms with Crippen LogP contribution in [0, 0.1) is 6.92 Å². The number of aryl methyl sites for hydroxylation is 2. The summed E-state index contributed by atoms with van der Waals surface area (Å²) in [5.41, 5.74) is 0. The lowest BCUT2D eigenvalue weighted by molar-refractivity contribution is 0.416. The first kappa shape index (κ1) is 6.79. The van der Waals surface area contributed by atoms with E-state index in [9.17, 15) is 0 Å². The van der Waals surface area contributed by atoms with Gasteiger partial charge in [-0.1, -0.05) is 0 Å². The Morgan fingerprint density at radius 3 is 2.64 bits per heavy atom. The maximum Gasteiger partial charge on any atom is 0.147 e. The largest absolute Gasteiger partial charge is 0.315 e. The quantitative estimate of drug-likeness (QED) is 0.606. The number of nitrogens with one attached hydrogen (secondary N) is 1. The molecular formula is C7H12N4. The van der Waals surface area contributed by atoms with E-state index in [1.165, 1.54) is 0 Å². The molecule has 0 bridgehead atoms. The van der Waals surface area contributed by atoms with E-state index in [0.717, 1.165) is 24.7 Å². The Balaban J connectivity index is 2.28. The fourth-order valence-corrected chi connectivity index (χ4v) is 1.36. The minimum Gasteiger partial charge on any atom is -0.315 e. The molecule has 0 spiro atoms. The monoisotopic (exact) mass is 152 g/mol. The van der Waals surface area contributed by atoms with Crippen LogP contribution in [-0.2, 0) is 7.05 Å². The highest BCUT2D eigenvalue weighted by molar-refractivity contribution is 5.04. The Kier molecular flexibility index (Phi) is 1.42. The number of aromatic nitrogens is 3. The highest BCUT2D eigenvalue weighted by atomic mass is 15.3.